The summed E-state index contributed by atoms with van der Waals surface area (Å²) in [5.74, 6) is -0.667. The number of carbonyl (C=O) groups is 2. The summed E-state index contributed by atoms with van der Waals surface area (Å²) in [6.45, 7) is 7.05. The van der Waals surface area contributed by atoms with Crippen molar-refractivity contribution in [2.75, 3.05) is 24.5 Å². The molecule has 1 N–H and O–H groups in total. The predicted molar refractivity (Wildman–Crippen MR) is 163 cm³/mol. The van der Waals surface area contributed by atoms with Gasteiger partial charge in [0.1, 0.15) is 18.3 Å². The minimum absolute atomic E-state index is 0.000193. The Morgan fingerprint density at radius 1 is 0.951 bits per heavy atom. The zero-order valence-corrected chi connectivity index (χ0v) is 26.1. The second-order valence-electron chi connectivity index (χ2n) is 9.74. The van der Waals surface area contributed by atoms with E-state index in [1.807, 2.05) is 20.8 Å². The van der Waals surface area contributed by atoms with Gasteiger partial charge in [-0.3, -0.25) is 13.9 Å². The molecular formula is C30H35Cl2N3O5S. The van der Waals surface area contributed by atoms with Crippen molar-refractivity contribution in [3.05, 3.63) is 87.4 Å². The van der Waals surface area contributed by atoms with Crippen LogP contribution >= 0.6 is 23.2 Å². The van der Waals surface area contributed by atoms with Gasteiger partial charge in [-0.15, -0.1) is 0 Å². The Balaban J connectivity index is 2.10. The fourth-order valence-electron chi connectivity index (χ4n) is 4.16. The van der Waals surface area contributed by atoms with Crippen LogP contribution in [-0.4, -0.2) is 51.4 Å². The van der Waals surface area contributed by atoms with Crippen molar-refractivity contribution < 1.29 is 22.7 Å². The molecule has 0 radical (unpaired) electrons. The zero-order chi connectivity index (χ0) is 30.3. The quantitative estimate of drug-likeness (QED) is 0.278. The van der Waals surface area contributed by atoms with Gasteiger partial charge < -0.3 is 15.0 Å². The lowest BCUT2D eigenvalue weighted by Gasteiger charge is -2.32. The van der Waals surface area contributed by atoms with Gasteiger partial charge in [0.25, 0.3) is 10.0 Å². The number of anilines is 1. The molecule has 11 heteroatoms. The number of methoxy groups -OCH3 is 1. The molecule has 0 aliphatic carbocycles. The van der Waals surface area contributed by atoms with Gasteiger partial charge in [0, 0.05) is 13.1 Å². The molecule has 0 unspecified atom stereocenters. The summed E-state index contributed by atoms with van der Waals surface area (Å²) in [7, 11) is -2.79. The van der Waals surface area contributed by atoms with Crippen LogP contribution < -0.4 is 14.4 Å². The molecule has 3 aromatic rings. The van der Waals surface area contributed by atoms with Crippen molar-refractivity contribution in [3.8, 4) is 5.75 Å². The number of ether oxygens (including phenoxy) is 1. The number of hydrogen-bond acceptors (Lipinski definition) is 5. The van der Waals surface area contributed by atoms with E-state index in [1.165, 1.54) is 24.1 Å². The van der Waals surface area contributed by atoms with Crippen molar-refractivity contribution >= 4 is 50.7 Å². The van der Waals surface area contributed by atoms with Crippen LogP contribution in [0.5, 0.6) is 5.75 Å². The Morgan fingerprint density at radius 3 is 2.22 bits per heavy atom. The minimum atomic E-state index is -4.23. The Kier molecular flexibility index (Phi) is 11.1. The summed E-state index contributed by atoms with van der Waals surface area (Å²) in [6.07, 6.45) is 0.717. The number of nitrogens with zero attached hydrogens (tertiary/aromatic N) is 2. The molecule has 220 valence electrons. The maximum absolute atomic E-state index is 14.1. The van der Waals surface area contributed by atoms with E-state index in [1.54, 1.807) is 55.5 Å². The molecule has 41 heavy (non-hydrogen) atoms. The van der Waals surface area contributed by atoms with Crippen molar-refractivity contribution in [2.24, 2.45) is 0 Å². The van der Waals surface area contributed by atoms with Crippen LogP contribution in [0, 0.1) is 13.8 Å². The number of amides is 2. The number of rotatable bonds is 12. The normalized spacial score (nSPS) is 12.0. The Morgan fingerprint density at radius 2 is 1.61 bits per heavy atom. The average molecular weight is 621 g/mol. The molecule has 0 heterocycles. The first kappa shape index (κ1) is 32.2. The highest BCUT2D eigenvalue weighted by Crippen LogP contribution is 2.34. The van der Waals surface area contributed by atoms with Gasteiger partial charge in [0.2, 0.25) is 11.8 Å². The average Bonchev–Trinajstić information content (AvgIpc) is 2.94. The monoisotopic (exact) mass is 619 g/mol. The van der Waals surface area contributed by atoms with Crippen molar-refractivity contribution in [3.63, 3.8) is 0 Å². The van der Waals surface area contributed by atoms with E-state index in [2.05, 4.69) is 5.32 Å². The van der Waals surface area contributed by atoms with E-state index in [4.69, 9.17) is 27.9 Å². The molecule has 0 saturated heterocycles. The third-order valence-corrected chi connectivity index (χ3v) is 9.06. The molecule has 3 rings (SSSR count). The highest BCUT2D eigenvalue weighted by Gasteiger charge is 2.34. The smallest absolute Gasteiger partial charge is 0.264 e. The number of sulfonamides is 1. The first-order valence-electron chi connectivity index (χ1n) is 13.1. The van der Waals surface area contributed by atoms with E-state index >= 15 is 0 Å². The van der Waals surface area contributed by atoms with Gasteiger partial charge in [-0.25, -0.2) is 8.42 Å². The van der Waals surface area contributed by atoms with E-state index < -0.39 is 28.5 Å². The number of halogens is 2. The van der Waals surface area contributed by atoms with Crippen LogP contribution in [-0.2, 0) is 26.2 Å². The predicted octanol–water partition coefficient (Wildman–Crippen LogP) is 5.76. The Labute approximate surface area is 252 Å². The minimum Gasteiger partial charge on any atom is -0.495 e. The number of nitrogens with one attached hydrogen (secondary N) is 1. The second kappa shape index (κ2) is 14.1. The summed E-state index contributed by atoms with van der Waals surface area (Å²) in [5, 5.41) is 3.46. The molecule has 8 nitrogen and oxygen atoms in total. The Hall–Kier alpha value is -3.27. The third kappa shape index (κ3) is 7.93. The second-order valence-corrected chi connectivity index (χ2v) is 12.4. The number of carbonyl (C=O) groups excluding carboxylic acids is 2. The van der Waals surface area contributed by atoms with Gasteiger partial charge >= 0.3 is 0 Å². The molecule has 0 fully saturated rings. The summed E-state index contributed by atoms with van der Waals surface area (Å²) >= 11 is 12.3. The van der Waals surface area contributed by atoms with Crippen molar-refractivity contribution in [1.82, 2.24) is 10.2 Å². The molecule has 0 spiro atoms. The first-order valence-corrected chi connectivity index (χ1v) is 15.3. The molecule has 3 aromatic carbocycles. The molecular weight excluding hydrogens is 585 g/mol. The zero-order valence-electron chi connectivity index (χ0n) is 23.8. The highest BCUT2D eigenvalue weighted by molar-refractivity contribution is 7.92. The molecule has 0 aliphatic rings. The van der Waals surface area contributed by atoms with Crippen molar-refractivity contribution in [1.29, 1.82) is 0 Å². The van der Waals surface area contributed by atoms with Crippen LogP contribution in [0.1, 0.15) is 37.0 Å². The fourth-order valence-corrected chi connectivity index (χ4v) is 5.90. The van der Waals surface area contributed by atoms with E-state index in [0.29, 0.717) is 22.2 Å². The van der Waals surface area contributed by atoms with Crippen LogP contribution in [0.3, 0.4) is 0 Å². The maximum atomic E-state index is 14.1. The standard InChI is InChI=1S/C30H35Cl2N3O5S/c1-6-15-33-30(37)22(4)34(18-23-10-13-25(31)26(32)17-23)29(36)19-35(27-16-21(3)9-14-28(27)40-5)41(38,39)24-11-7-20(2)8-12-24/h7-14,16-17,22H,6,15,18-19H2,1-5H3,(H,33,37)/t22-/m1/s1. The van der Waals surface area contributed by atoms with Gasteiger partial charge in [0.15, 0.2) is 0 Å². The van der Waals surface area contributed by atoms with E-state index in [-0.39, 0.29) is 28.8 Å². The molecule has 1 atom stereocenters. The van der Waals surface area contributed by atoms with E-state index in [0.717, 1.165) is 21.9 Å². The SMILES string of the molecule is CCCNC(=O)[C@@H](C)N(Cc1ccc(Cl)c(Cl)c1)C(=O)CN(c1cc(C)ccc1OC)S(=O)(=O)c1ccc(C)cc1. The topological polar surface area (TPSA) is 96.0 Å². The first-order chi connectivity index (χ1) is 19.4. The third-order valence-electron chi connectivity index (χ3n) is 6.54. The number of hydrogen-bond donors (Lipinski definition) is 1. The number of aryl methyl sites for hydroxylation is 2. The van der Waals surface area contributed by atoms with Crippen LogP contribution in [0.15, 0.2) is 65.6 Å². The van der Waals surface area contributed by atoms with Gasteiger partial charge in [-0.1, -0.05) is 60.0 Å². The lowest BCUT2D eigenvalue weighted by atomic mass is 10.1. The van der Waals surface area contributed by atoms with Crippen molar-refractivity contribution in [2.45, 2.75) is 51.6 Å². The van der Waals surface area contributed by atoms with Crippen LogP contribution in [0.2, 0.25) is 10.0 Å². The summed E-state index contributed by atoms with van der Waals surface area (Å²) in [6, 6.07) is 15.5. The molecule has 0 saturated carbocycles. The maximum Gasteiger partial charge on any atom is 0.264 e. The highest BCUT2D eigenvalue weighted by atomic mass is 35.5. The van der Waals surface area contributed by atoms with Gasteiger partial charge in [-0.2, -0.15) is 0 Å². The molecule has 2 amide bonds. The molecule has 0 aromatic heterocycles. The molecule has 0 aliphatic heterocycles. The van der Waals surface area contributed by atoms with Crippen LogP contribution in [0.4, 0.5) is 5.69 Å². The number of benzene rings is 3. The summed E-state index contributed by atoms with van der Waals surface area (Å²) in [5.41, 5.74) is 2.50. The molecule has 0 bridgehead atoms. The lowest BCUT2D eigenvalue weighted by Crippen LogP contribution is -2.51. The Bertz CT molecular complexity index is 1500. The fraction of sp³-hybridized carbons (Fsp3) is 0.333. The summed E-state index contributed by atoms with van der Waals surface area (Å²) < 4.78 is 34.6. The van der Waals surface area contributed by atoms with Gasteiger partial charge in [0.05, 0.1) is 27.7 Å². The lowest BCUT2D eigenvalue weighted by molar-refractivity contribution is -0.139. The van der Waals surface area contributed by atoms with Gasteiger partial charge in [-0.05, 0) is 74.7 Å². The van der Waals surface area contributed by atoms with Crippen LogP contribution in [0.25, 0.3) is 0 Å². The summed E-state index contributed by atoms with van der Waals surface area (Å²) in [4.78, 5) is 28.4. The largest absolute Gasteiger partial charge is 0.495 e. The van der Waals surface area contributed by atoms with E-state index in [9.17, 15) is 18.0 Å².